The van der Waals surface area contributed by atoms with Gasteiger partial charge in [-0.05, 0) is 20.0 Å². The predicted octanol–water partition coefficient (Wildman–Crippen LogP) is 0.841. The lowest BCUT2D eigenvalue weighted by molar-refractivity contribution is -0.0569. The van der Waals surface area contributed by atoms with Crippen LogP contribution in [0.25, 0.3) is 0 Å². The zero-order chi connectivity index (χ0) is 9.03. The number of hydrogen-bond donors (Lipinski definition) is 2. The summed E-state index contributed by atoms with van der Waals surface area (Å²) in [6.07, 6.45) is 0.562. The summed E-state index contributed by atoms with van der Waals surface area (Å²) in [4.78, 5) is 0. The first-order chi connectivity index (χ1) is 5.67. The van der Waals surface area contributed by atoms with Crippen molar-refractivity contribution in [1.82, 2.24) is 10.6 Å². The molecule has 0 aromatic rings. The Morgan fingerprint density at radius 2 is 2.33 bits per heavy atom. The Morgan fingerprint density at radius 3 is 2.83 bits per heavy atom. The molecule has 12 heavy (non-hydrogen) atoms. The number of halogens is 2. The van der Waals surface area contributed by atoms with Gasteiger partial charge in [0.1, 0.15) is 0 Å². The maximum Gasteiger partial charge on any atom is 0.253 e. The third kappa shape index (κ3) is 2.38. The van der Waals surface area contributed by atoms with E-state index in [2.05, 4.69) is 10.6 Å². The van der Waals surface area contributed by atoms with Gasteiger partial charge < -0.3 is 10.6 Å². The summed E-state index contributed by atoms with van der Waals surface area (Å²) in [5, 5.41) is 5.70. The van der Waals surface area contributed by atoms with Crippen LogP contribution in [0.4, 0.5) is 8.78 Å². The molecule has 0 aliphatic carbocycles. The van der Waals surface area contributed by atoms with Crippen molar-refractivity contribution in [2.24, 2.45) is 5.92 Å². The summed E-state index contributed by atoms with van der Waals surface area (Å²) in [6, 6.07) is 0. The molecule has 0 bridgehead atoms. The van der Waals surface area contributed by atoms with E-state index in [1.54, 1.807) is 7.05 Å². The number of rotatable bonds is 4. The van der Waals surface area contributed by atoms with Crippen molar-refractivity contribution in [2.75, 3.05) is 26.7 Å². The van der Waals surface area contributed by atoms with Gasteiger partial charge in [-0.3, -0.25) is 0 Å². The van der Waals surface area contributed by atoms with Gasteiger partial charge in [-0.1, -0.05) is 0 Å². The van der Waals surface area contributed by atoms with Crippen LogP contribution in [-0.2, 0) is 0 Å². The average molecular weight is 178 g/mol. The normalized spacial score (nSPS) is 24.8. The third-order valence-corrected chi connectivity index (χ3v) is 2.37. The maximum atomic E-state index is 13.2. The van der Waals surface area contributed by atoms with Gasteiger partial charge in [0.2, 0.25) is 0 Å². The zero-order valence-corrected chi connectivity index (χ0v) is 7.37. The molecule has 2 N–H and O–H groups in total. The van der Waals surface area contributed by atoms with E-state index in [4.69, 9.17) is 0 Å². The van der Waals surface area contributed by atoms with E-state index in [9.17, 15) is 8.78 Å². The molecule has 0 aromatic heterocycles. The Balaban J connectivity index is 2.34. The van der Waals surface area contributed by atoms with E-state index in [0.29, 0.717) is 19.5 Å². The van der Waals surface area contributed by atoms with Gasteiger partial charge in [0.05, 0.1) is 0 Å². The Morgan fingerprint density at radius 1 is 1.58 bits per heavy atom. The first-order valence-corrected chi connectivity index (χ1v) is 4.40. The van der Waals surface area contributed by atoms with E-state index in [0.717, 1.165) is 6.54 Å². The molecule has 0 spiro atoms. The fraction of sp³-hybridized carbons (Fsp3) is 1.00. The second-order valence-electron chi connectivity index (χ2n) is 3.30. The van der Waals surface area contributed by atoms with Gasteiger partial charge in [0.25, 0.3) is 5.92 Å². The second kappa shape index (κ2) is 4.14. The fourth-order valence-corrected chi connectivity index (χ4v) is 1.51. The smallest absolute Gasteiger partial charge is 0.253 e. The maximum absolute atomic E-state index is 13.2. The molecule has 1 fully saturated rings. The monoisotopic (exact) mass is 178 g/mol. The molecule has 2 nitrogen and oxygen atoms in total. The average Bonchev–Trinajstić information content (AvgIpc) is 2.53. The Kier molecular flexibility index (Phi) is 3.40. The number of nitrogens with one attached hydrogen (secondary N) is 2. The minimum absolute atomic E-state index is 0.0458. The van der Waals surface area contributed by atoms with Crippen LogP contribution in [-0.4, -0.2) is 32.6 Å². The van der Waals surface area contributed by atoms with Crippen LogP contribution in [0.15, 0.2) is 0 Å². The topological polar surface area (TPSA) is 24.1 Å². The van der Waals surface area contributed by atoms with Crippen LogP contribution < -0.4 is 10.6 Å². The molecule has 0 radical (unpaired) electrons. The largest absolute Gasteiger partial charge is 0.320 e. The van der Waals surface area contributed by atoms with Crippen molar-refractivity contribution in [3.8, 4) is 0 Å². The molecular formula is C8H16F2N2. The molecule has 1 atom stereocenters. The van der Waals surface area contributed by atoms with Crippen LogP contribution in [0.2, 0.25) is 0 Å². The van der Waals surface area contributed by atoms with Crippen LogP contribution >= 0.6 is 0 Å². The Bertz CT molecular complexity index is 133. The molecule has 72 valence electrons. The van der Waals surface area contributed by atoms with Gasteiger partial charge in [-0.2, -0.15) is 0 Å². The fourth-order valence-electron chi connectivity index (χ4n) is 1.51. The van der Waals surface area contributed by atoms with Gasteiger partial charge in [0, 0.05) is 25.4 Å². The minimum atomic E-state index is -2.49. The van der Waals surface area contributed by atoms with E-state index >= 15 is 0 Å². The van der Waals surface area contributed by atoms with E-state index in [1.807, 2.05) is 0 Å². The molecule has 1 aliphatic heterocycles. The van der Waals surface area contributed by atoms with Crippen LogP contribution in [0.5, 0.6) is 0 Å². The molecule has 0 amide bonds. The summed E-state index contributed by atoms with van der Waals surface area (Å²) in [5.74, 6) is -2.95. The first kappa shape index (κ1) is 9.86. The first-order valence-electron chi connectivity index (χ1n) is 4.40. The lowest BCUT2D eigenvalue weighted by Crippen LogP contribution is -2.33. The summed E-state index contributed by atoms with van der Waals surface area (Å²) in [6.45, 7) is 1.60. The lowest BCUT2D eigenvalue weighted by Gasteiger charge is -2.22. The highest BCUT2D eigenvalue weighted by atomic mass is 19.3. The molecule has 1 saturated heterocycles. The van der Waals surface area contributed by atoms with Crippen LogP contribution in [0.1, 0.15) is 12.8 Å². The number of hydrogen-bond acceptors (Lipinski definition) is 2. The predicted molar refractivity (Wildman–Crippen MR) is 44.5 cm³/mol. The van der Waals surface area contributed by atoms with Gasteiger partial charge in [0.15, 0.2) is 0 Å². The van der Waals surface area contributed by atoms with Crippen LogP contribution in [0, 0.1) is 5.92 Å². The zero-order valence-electron chi connectivity index (χ0n) is 7.37. The Labute approximate surface area is 71.7 Å². The van der Waals surface area contributed by atoms with Crippen molar-refractivity contribution in [1.29, 1.82) is 0 Å². The van der Waals surface area contributed by atoms with Gasteiger partial charge in [-0.15, -0.1) is 0 Å². The summed E-state index contributed by atoms with van der Waals surface area (Å²) in [7, 11) is 1.70. The highest BCUT2D eigenvalue weighted by molar-refractivity contribution is 4.84. The van der Waals surface area contributed by atoms with E-state index < -0.39 is 11.8 Å². The van der Waals surface area contributed by atoms with Crippen LogP contribution in [0.3, 0.4) is 0 Å². The summed E-state index contributed by atoms with van der Waals surface area (Å²) >= 11 is 0. The van der Waals surface area contributed by atoms with E-state index in [1.165, 1.54) is 0 Å². The molecule has 1 aliphatic rings. The van der Waals surface area contributed by atoms with Gasteiger partial charge >= 0.3 is 0 Å². The molecule has 1 heterocycles. The van der Waals surface area contributed by atoms with E-state index in [-0.39, 0.29) is 6.42 Å². The molecule has 1 rings (SSSR count). The van der Waals surface area contributed by atoms with Gasteiger partial charge in [-0.25, -0.2) is 8.78 Å². The SMILES string of the molecule is CNCCC(F)(F)C1CCNC1. The third-order valence-electron chi connectivity index (χ3n) is 2.37. The summed E-state index contributed by atoms with van der Waals surface area (Å²) < 4.78 is 26.5. The molecule has 0 aromatic carbocycles. The molecule has 0 saturated carbocycles. The second-order valence-corrected chi connectivity index (χ2v) is 3.30. The van der Waals surface area contributed by atoms with Crippen molar-refractivity contribution in [3.63, 3.8) is 0 Å². The highest BCUT2D eigenvalue weighted by Gasteiger charge is 2.39. The molecule has 4 heteroatoms. The van der Waals surface area contributed by atoms with Crippen molar-refractivity contribution >= 4 is 0 Å². The summed E-state index contributed by atoms with van der Waals surface area (Å²) in [5.41, 5.74) is 0. The minimum Gasteiger partial charge on any atom is -0.320 e. The number of alkyl halides is 2. The molecular weight excluding hydrogens is 162 g/mol. The Hall–Kier alpha value is -0.220. The van der Waals surface area contributed by atoms with Crippen molar-refractivity contribution in [3.05, 3.63) is 0 Å². The lowest BCUT2D eigenvalue weighted by atomic mass is 9.98. The molecule has 1 unspecified atom stereocenters. The highest BCUT2D eigenvalue weighted by Crippen LogP contribution is 2.31. The quantitative estimate of drug-likeness (QED) is 0.666. The van der Waals surface area contributed by atoms with Crippen molar-refractivity contribution < 1.29 is 8.78 Å². The van der Waals surface area contributed by atoms with Crippen molar-refractivity contribution in [2.45, 2.75) is 18.8 Å². The standard InChI is InChI=1S/C8H16F2N2/c1-11-5-3-8(9,10)7-2-4-12-6-7/h7,11-12H,2-6H2,1H3.